The summed E-state index contributed by atoms with van der Waals surface area (Å²) < 4.78 is 48.8. The van der Waals surface area contributed by atoms with Crippen LogP contribution in [0.2, 0.25) is 0 Å². The van der Waals surface area contributed by atoms with Crippen LogP contribution in [-0.4, -0.2) is 21.7 Å². The zero-order valence-electron chi connectivity index (χ0n) is 11.2. The van der Waals surface area contributed by atoms with E-state index in [0.717, 1.165) is 6.07 Å². The third-order valence-corrected chi connectivity index (χ3v) is 3.98. The molecule has 2 aromatic carbocycles. The lowest BCUT2D eigenvalue weighted by Gasteiger charge is -2.02. The smallest absolute Gasteiger partial charge is 0.296 e. The van der Waals surface area contributed by atoms with E-state index in [0.29, 0.717) is 10.6 Å². The molecule has 0 saturated carbocycles. The minimum absolute atomic E-state index is 0.0216. The van der Waals surface area contributed by atoms with E-state index in [1.54, 1.807) is 12.1 Å². The van der Waals surface area contributed by atoms with Gasteiger partial charge in [-0.25, -0.2) is 4.21 Å². The number of nitrogens with two attached hydrogens (primary N) is 3. The highest BCUT2D eigenvalue weighted by atomic mass is 32.2. The summed E-state index contributed by atoms with van der Waals surface area (Å²) in [5.74, 6) is 0. The quantitative estimate of drug-likeness (QED) is 0.304. The Kier molecular flexibility index (Phi) is 5.88. The van der Waals surface area contributed by atoms with Gasteiger partial charge >= 0.3 is 0 Å². The normalized spacial score (nSPS) is 12.1. The zero-order valence-corrected chi connectivity index (χ0v) is 12.8. The molecule has 0 radical (unpaired) electrons. The summed E-state index contributed by atoms with van der Waals surface area (Å²) in [7, 11) is -4.26. The Labute approximate surface area is 130 Å². The first-order valence-electron chi connectivity index (χ1n) is 5.70. The molecule has 1 unspecified atom stereocenters. The van der Waals surface area contributed by atoms with Crippen LogP contribution in [0.4, 0.5) is 17.1 Å². The van der Waals surface area contributed by atoms with Crippen LogP contribution in [-0.2, 0) is 21.2 Å². The molecule has 8 N–H and O–H groups in total. The molecule has 2 aromatic rings. The van der Waals surface area contributed by atoms with Crippen molar-refractivity contribution in [3.05, 3.63) is 42.5 Å². The van der Waals surface area contributed by atoms with Gasteiger partial charge in [0.1, 0.15) is 4.90 Å². The first-order valence-corrected chi connectivity index (χ1v) is 8.25. The van der Waals surface area contributed by atoms with Crippen LogP contribution in [0.1, 0.15) is 0 Å². The molecule has 10 heteroatoms. The highest BCUT2D eigenvalue weighted by molar-refractivity contribution is 7.86. The van der Waals surface area contributed by atoms with Gasteiger partial charge in [0.05, 0.1) is 10.6 Å². The lowest BCUT2D eigenvalue weighted by atomic mass is 10.3. The monoisotopic (exact) mass is 345 g/mol. The van der Waals surface area contributed by atoms with Crippen molar-refractivity contribution in [2.75, 3.05) is 17.2 Å². The van der Waals surface area contributed by atoms with Crippen molar-refractivity contribution < 1.29 is 21.7 Å². The molecule has 22 heavy (non-hydrogen) atoms. The summed E-state index contributed by atoms with van der Waals surface area (Å²) in [5, 5.41) is 0. The van der Waals surface area contributed by atoms with E-state index in [1.165, 1.54) is 24.3 Å². The molecule has 0 fully saturated rings. The standard InChI is InChI=1S/C6H8N2O3S.C6H7NO2S/c7-4-1-2-5(8)6(3-4)12(9,10)11;7-5-1-3-6(4-2-5)10(8)9/h1-3H,7-8H2,(H,9,10,11);1-4H,7H2,(H,8,9). The van der Waals surface area contributed by atoms with Crippen molar-refractivity contribution in [3.8, 4) is 0 Å². The molecular formula is C12H15N3O5S2. The first kappa shape index (κ1) is 17.9. The Hall–Kier alpha value is -2.14. The fraction of sp³-hybridized carbons (Fsp3) is 0. The largest absolute Gasteiger partial charge is 0.399 e. The van der Waals surface area contributed by atoms with Crippen LogP contribution >= 0.6 is 0 Å². The average molecular weight is 345 g/mol. The van der Waals surface area contributed by atoms with Crippen LogP contribution in [0.3, 0.4) is 0 Å². The van der Waals surface area contributed by atoms with Gasteiger partial charge in [0.15, 0.2) is 11.1 Å². The molecule has 0 aliphatic heterocycles. The molecule has 1 atom stereocenters. The predicted octanol–water partition coefficient (Wildman–Crippen LogP) is 0.947. The van der Waals surface area contributed by atoms with E-state index in [-0.39, 0.29) is 16.3 Å². The Morgan fingerprint density at radius 1 is 0.909 bits per heavy atom. The summed E-state index contributed by atoms with van der Waals surface area (Å²) in [4.78, 5) is 0.0108. The highest BCUT2D eigenvalue weighted by Crippen LogP contribution is 2.20. The number of rotatable bonds is 2. The summed E-state index contributed by atoms with van der Waals surface area (Å²) in [6.45, 7) is 0. The lowest BCUT2D eigenvalue weighted by molar-refractivity contribution is 0.483. The topological polar surface area (TPSA) is 170 Å². The Balaban J connectivity index is 0.000000224. The van der Waals surface area contributed by atoms with Crippen LogP contribution in [0, 0.1) is 0 Å². The highest BCUT2D eigenvalue weighted by Gasteiger charge is 2.13. The summed E-state index contributed by atoms with van der Waals surface area (Å²) >= 11 is -1.89. The molecule has 0 heterocycles. The summed E-state index contributed by atoms with van der Waals surface area (Å²) in [5.41, 5.74) is 16.7. The van der Waals surface area contributed by atoms with Gasteiger partial charge in [-0.1, -0.05) is 0 Å². The van der Waals surface area contributed by atoms with E-state index in [4.69, 9.17) is 26.3 Å². The predicted molar refractivity (Wildman–Crippen MR) is 85.0 cm³/mol. The summed E-state index contributed by atoms with van der Waals surface area (Å²) in [6, 6.07) is 10.1. The molecule has 0 aliphatic rings. The maximum atomic E-state index is 10.6. The Bertz CT molecular complexity index is 776. The zero-order chi connectivity index (χ0) is 16.9. The van der Waals surface area contributed by atoms with E-state index in [1.807, 2.05) is 0 Å². The van der Waals surface area contributed by atoms with E-state index in [9.17, 15) is 12.6 Å². The van der Waals surface area contributed by atoms with Crippen molar-refractivity contribution in [2.24, 2.45) is 0 Å². The average Bonchev–Trinajstić information content (AvgIpc) is 2.41. The van der Waals surface area contributed by atoms with Crippen molar-refractivity contribution in [1.29, 1.82) is 0 Å². The number of benzene rings is 2. The third-order valence-electron chi connectivity index (χ3n) is 2.40. The second-order valence-electron chi connectivity index (χ2n) is 4.09. The maximum absolute atomic E-state index is 10.6. The molecule has 0 amide bonds. The number of anilines is 3. The number of hydrogen-bond donors (Lipinski definition) is 5. The molecule has 120 valence electrons. The van der Waals surface area contributed by atoms with Crippen LogP contribution < -0.4 is 17.2 Å². The SMILES string of the molecule is Nc1ccc(N)c(S(=O)(=O)O)c1.Nc1ccc(S(=O)O)cc1. The van der Waals surface area contributed by atoms with Crippen LogP contribution in [0.25, 0.3) is 0 Å². The molecule has 8 nitrogen and oxygen atoms in total. The van der Waals surface area contributed by atoms with Gasteiger partial charge in [-0.05, 0) is 42.5 Å². The molecule has 0 aliphatic carbocycles. The molecule has 0 aromatic heterocycles. The maximum Gasteiger partial charge on any atom is 0.296 e. The van der Waals surface area contributed by atoms with Crippen molar-refractivity contribution in [1.82, 2.24) is 0 Å². The summed E-state index contributed by atoms with van der Waals surface area (Å²) in [6.07, 6.45) is 0. The second-order valence-corrected chi connectivity index (χ2v) is 6.45. The van der Waals surface area contributed by atoms with Gasteiger partial charge in [-0.2, -0.15) is 8.42 Å². The fourth-order valence-electron chi connectivity index (χ4n) is 1.36. The van der Waals surface area contributed by atoms with Gasteiger partial charge in [0, 0.05) is 11.4 Å². The van der Waals surface area contributed by atoms with Crippen LogP contribution in [0.15, 0.2) is 52.3 Å². The van der Waals surface area contributed by atoms with Gasteiger partial charge in [-0.15, -0.1) is 0 Å². The molecule has 0 saturated heterocycles. The Morgan fingerprint density at radius 2 is 1.41 bits per heavy atom. The Morgan fingerprint density at radius 3 is 1.82 bits per heavy atom. The van der Waals surface area contributed by atoms with Crippen LogP contribution in [0.5, 0.6) is 0 Å². The van der Waals surface area contributed by atoms with Crippen molar-refractivity contribution in [3.63, 3.8) is 0 Å². The van der Waals surface area contributed by atoms with E-state index < -0.39 is 21.2 Å². The van der Waals surface area contributed by atoms with Gasteiger partial charge in [-0.3, -0.25) is 4.55 Å². The van der Waals surface area contributed by atoms with Crippen molar-refractivity contribution >= 4 is 38.3 Å². The second kappa shape index (κ2) is 7.22. The van der Waals surface area contributed by atoms with Gasteiger partial charge in [0.2, 0.25) is 0 Å². The molecule has 2 rings (SSSR count). The van der Waals surface area contributed by atoms with E-state index >= 15 is 0 Å². The minimum Gasteiger partial charge on any atom is -0.399 e. The first-order chi connectivity index (χ1) is 10.1. The molecule has 0 bridgehead atoms. The number of nitrogen functional groups attached to an aromatic ring is 3. The molecular weight excluding hydrogens is 330 g/mol. The minimum atomic E-state index is -4.26. The number of hydrogen-bond acceptors (Lipinski definition) is 6. The fourth-order valence-corrected chi connectivity index (χ4v) is 2.38. The van der Waals surface area contributed by atoms with Gasteiger partial charge in [0.25, 0.3) is 10.1 Å². The molecule has 0 spiro atoms. The third kappa shape index (κ3) is 5.33. The lowest BCUT2D eigenvalue weighted by Crippen LogP contribution is -2.03. The van der Waals surface area contributed by atoms with Crippen molar-refractivity contribution in [2.45, 2.75) is 9.79 Å². The van der Waals surface area contributed by atoms with E-state index in [2.05, 4.69) is 0 Å². The van der Waals surface area contributed by atoms with Gasteiger partial charge < -0.3 is 21.8 Å².